The van der Waals surface area contributed by atoms with E-state index in [1.165, 1.54) is 6.42 Å². The molecule has 82 valence electrons. The van der Waals surface area contributed by atoms with Crippen molar-refractivity contribution < 1.29 is 4.79 Å². The number of rotatable bonds is 4. The van der Waals surface area contributed by atoms with Gasteiger partial charge in [0.2, 0.25) is 0 Å². The third-order valence-electron chi connectivity index (χ3n) is 3.26. The van der Waals surface area contributed by atoms with Crippen LogP contribution in [-0.4, -0.2) is 19.4 Å². The van der Waals surface area contributed by atoms with Crippen LogP contribution >= 0.6 is 0 Å². The van der Waals surface area contributed by atoms with Crippen LogP contribution in [0.3, 0.4) is 0 Å². The lowest BCUT2D eigenvalue weighted by Gasteiger charge is -2.38. The lowest BCUT2D eigenvalue weighted by atomic mass is 9.69. The van der Waals surface area contributed by atoms with Gasteiger partial charge in [0.15, 0.2) is 0 Å². The van der Waals surface area contributed by atoms with Gasteiger partial charge in [0.1, 0.15) is 5.78 Å². The van der Waals surface area contributed by atoms with Crippen LogP contribution < -0.4 is 5.32 Å². The average molecular weight is 197 g/mol. The van der Waals surface area contributed by atoms with E-state index in [0.717, 1.165) is 38.1 Å². The Morgan fingerprint density at radius 3 is 2.36 bits per heavy atom. The molecule has 1 aliphatic carbocycles. The number of ketones is 1. The molecular formula is C12H23NO. The molecule has 1 saturated carbocycles. The van der Waals surface area contributed by atoms with Crippen LogP contribution in [0, 0.1) is 11.3 Å². The minimum atomic E-state index is 0.400. The molecule has 1 aliphatic rings. The predicted molar refractivity (Wildman–Crippen MR) is 59.3 cm³/mol. The van der Waals surface area contributed by atoms with E-state index in [9.17, 15) is 4.79 Å². The van der Waals surface area contributed by atoms with E-state index in [1.807, 2.05) is 7.05 Å². The molecule has 0 bridgehead atoms. The second-order valence-corrected chi connectivity index (χ2v) is 5.17. The first-order valence-electron chi connectivity index (χ1n) is 5.74. The summed E-state index contributed by atoms with van der Waals surface area (Å²) in [7, 11) is 2.01. The fourth-order valence-corrected chi connectivity index (χ4v) is 2.75. The molecule has 0 aromatic rings. The van der Waals surface area contributed by atoms with Gasteiger partial charge >= 0.3 is 0 Å². The van der Waals surface area contributed by atoms with Gasteiger partial charge in [-0.3, -0.25) is 4.79 Å². The summed E-state index contributed by atoms with van der Waals surface area (Å²) in [6, 6.07) is 0. The molecule has 2 heteroatoms. The van der Waals surface area contributed by atoms with E-state index >= 15 is 0 Å². The Morgan fingerprint density at radius 2 is 1.93 bits per heavy atom. The fourth-order valence-electron chi connectivity index (χ4n) is 2.75. The predicted octanol–water partition coefficient (Wildman–Crippen LogP) is 2.38. The van der Waals surface area contributed by atoms with Crippen LogP contribution in [0.1, 0.15) is 46.0 Å². The van der Waals surface area contributed by atoms with Gasteiger partial charge in [-0.05, 0) is 37.6 Å². The normalized spacial score (nSPS) is 21.6. The first-order valence-corrected chi connectivity index (χ1v) is 5.74. The molecule has 0 radical (unpaired) electrons. The van der Waals surface area contributed by atoms with E-state index in [-0.39, 0.29) is 0 Å². The lowest BCUT2D eigenvalue weighted by molar-refractivity contribution is -0.122. The highest BCUT2D eigenvalue weighted by atomic mass is 16.1. The quantitative estimate of drug-likeness (QED) is 0.749. The van der Waals surface area contributed by atoms with Crippen LogP contribution in [0.15, 0.2) is 0 Å². The van der Waals surface area contributed by atoms with Crippen molar-refractivity contribution in [1.29, 1.82) is 0 Å². The molecule has 1 rings (SSSR count). The highest BCUT2D eigenvalue weighted by Crippen LogP contribution is 2.39. The zero-order chi connectivity index (χ0) is 10.6. The van der Waals surface area contributed by atoms with E-state index in [1.54, 1.807) is 0 Å². The highest BCUT2D eigenvalue weighted by molar-refractivity contribution is 5.79. The van der Waals surface area contributed by atoms with Gasteiger partial charge in [-0.15, -0.1) is 0 Å². The topological polar surface area (TPSA) is 29.1 Å². The zero-order valence-electron chi connectivity index (χ0n) is 9.73. The molecule has 14 heavy (non-hydrogen) atoms. The number of nitrogens with one attached hydrogen (secondary N) is 1. The maximum atomic E-state index is 11.2. The van der Waals surface area contributed by atoms with Crippen molar-refractivity contribution in [2.24, 2.45) is 11.3 Å². The van der Waals surface area contributed by atoms with E-state index in [2.05, 4.69) is 19.2 Å². The van der Waals surface area contributed by atoms with Gasteiger partial charge in [0.25, 0.3) is 0 Å². The third kappa shape index (κ3) is 3.09. The smallest absolute Gasteiger partial charge is 0.132 e. The molecular weight excluding hydrogens is 174 g/mol. The van der Waals surface area contributed by atoms with Gasteiger partial charge in [-0.1, -0.05) is 13.8 Å². The number of hydrogen-bond donors (Lipinski definition) is 1. The Morgan fingerprint density at radius 1 is 1.36 bits per heavy atom. The summed E-state index contributed by atoms with van der Waals surface area (Å²) in [6.45, 7) is 5.61. The third-order valence-corrected chi connectivity index (χ3v) is 3.26. The first-order chi connectivity index (χ1) is 6.58. The maximum absolute atomic E-state index is 11.2. The monoisotopic (exact) mass is 197 g/mol. The van der Waals surface area contributed by atoms with Crippen molar-refractivity contribution >= 4 is 5.78 Å². The molecule has 0 spiro atoms. The Balaban J connectivity index is 2.57. The van der Waals surface area contributed by atoms with Gasteiger partial charge in [0.05, 0.1) is 0 Å². The Kier molecular flexibility index (Phi) is 4.11. The van der Waals surface area contributed by atoms with Crippen molar-refractivity contribution in [3.05, 3.63) is 0 Å². The van der Waals surface area contributed by atoms with Crippen LogP contribution in [0.5, 0.6) is 0 Å². The first kappa shape index (κ1) is 11.7. The van der Waals surface area contributed by atoms with Gasteiger partial charge < -0.3 is 5.32 Å². The van der Waals surface area contributed by atoms with Crippen molar-refractivity contribution in [3.8, 4) is 0 Å². The van der Waals surface area contributed by atoms with Crippen LogP contribution in [-0.2, 0) is 4.79 Å². The summed E-state index contributed by atoms with van der Waals surface area (Å²) in [5.74, 6) is 1.19. The standard InChI is InChI=1S/C12H23NO/c1-10(2)8-12(9-13-3)6-4-11(14)5-7-12/h10,13H,4-9H2,1-3H3. The molecule has 0 amide bonds. The largest absolute Gasteiger partial charge is 0.319 e. The molecule has 0 aliphatic heterocycles. The molecule has 0 saturated heterocycles. The molecule has 0 heterocycles. The van der Waals surface area contributed by atoms with Gasteiger partial charge in [-0.2, -0.15) is 0 Å². The molecule has 1 fully saturated rings. The highest BCUT2D eigenvalue weighted by Gasteiger charge is 2.34. The number of Topliss-reactive ketones (excluding diaryl/α,β-unsaturated/α-hetero) is 1. The Labute approximate surface area is 87.5 Å². The van der Waals surface area contributed by atoms with E-state index in [4.69, 9.17) is 0 Å². The SMILES string of the molecule is CNCC1(CC(C)C)CCC(=O)CC1. The summed E-state index contributed by atoms with van der Waals surface area (Å²) < 4.78 is 0. The Bertz CT molecular complexity index is 188. The van der Waals surface area contributed by atoms with Gasteiger partial charge in [0, 0.05) is 19.4 Å². The average Bonchev–Trinajstić information content (AvgIpc) is 2.10. The Hall–Kier alpha value is -0.370. The maximum Gasteiger partial charge on any atom is 0.132 e. The van der Waals surface area contributed by atoms with Crippen LogP contribution in [0.4, 0.5) is 0 Å². The van der Waals surface area contributed by atoms with Crippen molar-refractivity contribution in [2.75, 3.05) is 13.6 Å². The lowest BCUT2D eigenvalue weighted by Crippen LogP contribution is -2.37. The molecule has 1 N–H and O–H groups in total. The zero-order valence-corrected chi connectivity index (χ0v) is 9.73. The second-order valence-electron chi connectivity index (χ2n) is 5.17. The molecule has 0 unspecified atom stereocenters. The molecule has 0 aromatic carbocycles. The van der Waals surface area contributed by atoms with Crippen molar-refractivity contribution in [2.45, 2.75) is 46.0 Å². The molecule has 0 aromatic heterocycles. The van der Waals surface area contributed by atoms with Crippen LogP contribution in [0.2, 0.25) is 0 Å². The summed E-state index contributed by atoms with van der Waals surface area (Å²) >= 11 is 0. The van der Waals surface area contributed by atoms with Crippen molar-refractivity contribution in [1.82, 2.24) is 5.32 Å². The minimum Gasteiger partial charge on any atom is -0.319 e. The van der Waals surface area contributed by atoms with Crippen LogP contribution in [0.25, 0.3) is 0 Å². The van der Waals surface area contributed by atoms with Gasteiger partial charge in [-0.25, -0.2) is 0 Å². The number of carbonyl (C=O) groups is 1. The molecule has 2 nitrogen and oxygen atoms in total. The van der Waals surface area contributed by atoms with E-state index in [0.29, 0.717) is 11.2 Å². The minimum absolute atomic E-state index is 0.400. The number of carbonyl (C=O) groups excluding carboxylic acids is 1. The fraction of sp³-hybridized carbons (Fsp3) is 0.917. The van der Waals surface area contributed by atoms with E-state index < -0.39 is 0 Å². The number of hydrogen-bond acceptors (Lipinski definition) is 2. The summed E-state index contributed by atoms with van der Waals surface area (Å²) in [4.78, 5) is 11.2. The summed E-state index contributed by atoms with van der Waals surface area (Å²) in [5.41, 5.74) is 0.400. The summed E-state index contributed by atoms with van der Waals surface area (Å²) in [6.07, 6.45) is 5.03. The van der Waals surface area contributed by atoms with Crippen molar-refractivity contribution in [3.63, 3.8) is 0 Å². The molecule has 0 atom stereocenters. The second kappa shape index (κ2) is 4.92. The summed E-state index contributed by atoms with van der Waals surface area (Å²) in [5, 5.41) is 3.29.